The van der Waals surface area contributed by atoms with Gasteiger partial charge in [0.05, 0.1) is 20.7 Å². The SMILES string of the molecule is CCC(Sc1cccc(NC(=O)c2cccc([N+](=O)[O-])c2)c1)C(=O)Nc1nc(-c2cccs2)cs1. The summed E-state index contributed by atoms with van der Waals surface area (Å²) in [6, 6.07) is 16.6. The molecule has 2 amide bonds. The van der Waals surface area contributed by atoms with E-state index < -0.39 is 10.8 Å². The van der Waals surface area contributed by atoms with Crippen molar-refractivity contribution in [3.63, 3.8) is 0 Å². The Kier molecular flexibility index (Phi) is 7.91. The van der Waals surface area contributed by atoms with Gasteiger partial charge in [-0.2, -0.15) is 0 Å². The monoisotopic (exact) mass is 524 g/mol. The molecule has 1 unspecified atom stereocenters. The third-order valence-electron chi connectivity index (χ3n) is 4.86. The van der Waals surface area contributed by atoms with Gasteiger partial charge >= 0.3 is 0 Å². The van der Waals surface area contributed by atoms with E-state index in [0.717, 1.165) is 15.5 Å². The first kappa shape index (κ1) is 24.6. The molecule has 0 radical (unpaired) electrons. The number of carbonyl (C=O) groups is 2. The quantitative estimate of drug-likeness (QED) is 0.146. The lowest BCUT2D eigenvalue weighted by molar-refractivity contribution is -0.384. The van der Waals surface area contributed by atoms with Crippen LogP contribution in [0.5, 0.6) is 0 Å². The lowest BCUT2D eigenvalue weighted by Gasteiger charge is -2.14. The van der Waals surface area contributed by atoms with E-state index in [1.807, 2.05) is 35.9 Å². The van der Waals surface area contributed by atoms with Crippen molar-refractivity contribution in [2.45, 2.75) is 23.5 Å². The van der Waals surface area contributed by atoms with Crippen molar-refractivity contribution in [3.8, 4) is 10.6 Å². The molecule has 4 rings (SSSR count). The van der Waals surface area contributed by atoms with Gasteiger partial charge in [-0.3, -0.25) is 19.7 Å². The number of thioether (sulfide) groups is 1. The van der Waals surface area contributed by atoms with Crippen LogP contribution in [0.2, 0.25) is 0 Å². The predicted octanol–water partition coefficient (Wildman–Crippen LogP) is 6.54. The Hall–Kier alpha value is -3.54. The van der Waals surface area contributed by atoms with Gasteiger partial charge in [-0.25, -0.2) is 4.98 Å². The van der Waals surface area contributed by atoms with E-state index in [1.165, 1.54) is 47.4 Å². The van der Waals surface area contributed by atoms with E-state index in [0.29, 0.717) is 17.2 Å². The maximum Gasteiger partial charge on any atom is 0.270 e. The first-order valence-corrected chi connectivity index (χ1v) is 13.2. The van der Waals surface area contributed by atoms with Crippen molar-refractivity contribution in [3.05, 3.63) is 87.1 Å². The molecule has 1 atom stereocenters. The maximum atomic E-state index is 12.9. The standard InChI is InChI=1S/C24H20N4O4S3/c1-2-20(23(30)27-24-26-19(14-34-24)21-10-5-11-33-21)35-18-9-4-7-16(13-18)25-22(29)15-6-3-8-17(12-15)28(31)32/h3-14,20H,2H2,1H3,(H,25,29)(H,26,27,30). The number of rotatable bonds is 9. The highest BCUT2D eigenvalue weighted by molar-refractivity contribution is 8.00. The molecule has 2 heterocycles. The number of nitro groups is 1. The number of nitrogens with one attached hydrogen (secondary N) is 2. The van der Waals surface area contributed by atoms with Gasteiger partial charge in [0.15, 0.2) is 5.13 Å². The van der Waals surface area contributed by atoms with Crippen LogP contribution in [0.25, 0.3) is 10.6 Å². The van der Waals surface area contributed by atoms with Gasteiger partial charge in [-0.15, -0.1) is 34.4 Å². The van der Waals surface area contributed by atoms with Crippen LogP contribution in [0.1, 0.15) is 23.7 Å². The fraction of sp³-hybridized carbons (Fsp3) is 0.125. The number of hydrogen-bond donors (Lipinski definition) is 2. The second-order valence-electron chi connectivity index (χ2n) is 7.31. The van der Waals surface area contributed by atoms with Crippen LogP contribution < -0.4 is 10.6 Å². The minimum atomic E-state index is -0.543. The fourth-order valence-electron chi connectivity index (χ4n) is 3.15. The lowest BCUT2D eigenvalue weighted by Crippen LogP contribution is -2.24. The summed E-state index contributed by atoms with van der Waals surface area (Å²) >= 11 is 4.37. The van der Waals surface area contributed by atoms with Gasteiger partial charge in [0.1, 0.15) is 0 Å². The largest absolute Gasteiger partial charge is 0.322 e. The smallest absolute Gasteiger partial charge is 0.270 e. The van der Waals surface area contributed by atoms with Crippen LogP contribution >= 0.6 is 34.4 Å². The number of amides is 2. The topological polar surface area (TPSA) is 114 Å². The van der Waals surface area contributed by atoms with Crippen molar-refractivity contribution < 1.29 is 14.5 Å². The first-order chi connectivity index (χ1) is 16.9. The Morgan fingerprint density at radius 2 is 1.91 bits per heavy atom. The molecule has 0 saturated heterocycles. The van der Waals surface area contributed by atoms with Crippen molar-refractivity contribution in [2.75, 3.05) is 10.6 Å². The number of benzene rings is 2. The van der Waals surface area contributed by atoms with Gasteiger partial charge < -0.3 is 10.6 Å². The number of carbonyl (C=O) groups excluding carboxylic acids is 2. The summed E-state index contributed by atoms with van der Waals surface area (Å²) in [6.45, 7) is 1.93. The Balaban J connectivity index is 1.40. The number of nitro benzene ring substituents is 1. The van der Waals surface area contributed by atoms with Crippen LogP contribution in [0.4, 0.5) is 16.5 Å². The zero-order valence-corrected chi connectivity index (χ0v) is 20.9. The Morgan fingerprint density at radius 3 is 2.66 bits per heavy atom. The van der Waals surface area contributed by atoms with E-state index in [9.17, 15) is 19.7 Å². The van der Waals surface area contributed by atoms with E-state index in [2.05, 4.69) is 15.6 Å². The van der Waals surface area contributed by atoms with Crippen LogP contribution in [0.3, 0.4) is 0 Å². The summed E-state index contributed by atoms with van der Waals surface area (Å²) in [7, 11) is 0. The summed E-state index contributed by atoms with van der Waals surface area (Å²) in [5, 5.41) is 20.7. The first-order valence-electron chi connectivity index (χ1n) is 10.6. The number of hydrogen-bond acceptors (Lipinski definition) is 8. The number of anilines is 2. The number of non-ortho nitro benzene ring substituents is 1. The minimum Gasteiger partial charge on any atom is -0.322 e. The third-order valence-corrected chi connectivity index (χ3v) is 7.87. The molecule has 0 saturated carbocycles. The molecule has 35 heavy (non-hydrogen) atoms. The van der Waals surface area contributed by atoms with Gasteiger partial charge in [0.25, 0.3) is 11.6 Å². The number of thiazole rings is 1. The summed E-state index contributed by atoms with van der Waals surface area (Å²) in [5.74, 6) is -0.596. The molecular weight excluding hydrogens is 504 g/mol. The van der Waals surface area contributed by atoms with Crippen LogP contribution in [0, 0.1) is 10.1 Å². The molecule has 0 fully saturated rings. The van der Waals surface area contributed by atoms with E-state index in [1.54, 1.807) is 29.5 Å². The summed E-state index contributed by atoms with van der Waals surface area (Å²) in [5.41, 5.74) is 1.41. The second kappa shape index (κ2) is 11.3. The molecule has 2 N–H and O–H groups in total. The summed E-state index contributed by atoms with van der Waals surface area (Å²) in [4.78, 5) is 42.2. The van der Waals surface area contributed by atoms with E-state index in [-0.39, 0.29) is 22.4 Å². The fourth-order valence-corrected chi connectivity index (χ4v) is 5.64. The number of thiophene rings is 1. The Morgan fingerprint density at radius 1 is 1.09 bits per heavy atom. The highest BCUT2D eigenvalue weighted by Gasteiger charge is 2.20. The van der Waals surface area contributed by atoms with E-state index >= 15 is 0 Å². The van der Waals surface area contributed by atoms with Crippen molar-refractivity contribution in [2.24, 2.45) is 0 Å². The highest BCUT2D eigenvalue weighted by atomic mass is 32.2. The van der Waals surface area contributed by atoms with Gasteiger partial charge in [0.2, 0.25) is 5.91 Å². The average molecular weight is 525 g/mol. The maximum absolute atomic E-state index is 12.9. The summed E-state index contributed by atoms with van der Waals surface area (Å²) in [6.07, 6.45) is 0.601. The van der Waals surface area contributed by atoms with Gasteiger partial charge in [-0.05, 0) is 42.1 Å². The lowest BCUT2D eigenvalue weighted by atomic mass is 10.2. The molecule has 0 aliphatic heterocycles. The molecule has 178 valence electrons. The Bertz CT molecular complexity index is 1350. The van der Waals surface area contributed by atoms with Gasteiger partial charge in [0, 0.05) is 33.7 Å². The second-order valence-corrected chi connectivity index (χ2v) is 10.4. The predicted molar refractivity (Wildman–Crippen MR) is 141 cm³/mol. The van der Waals surface area contributed by atoms with Crippen LogP contribution in [-0.4, -0.2) is 27.0 Å². The molecule has 0 bridgehead atoms. The molecule has 4 aromatic rings. The zero-order valence-electron chi connectivity index (χ0n) is 18.5. The molecule has 8 nitrogen and oxygen atoms in total. The molecule has 0 spiro atoms. The normalized spacial score (nSPS) is 11.6. The van der Waals surface area contributed by atoms with Crippen LogP contribution in [-0.2, 0) is 4.79 Å². The molecule has 0 aliphatic carbocycles. The van der Waals surface area contributed by atoms with E-state index in [4.69, 9.17) is 0 Å². The zero-order chi connectivity index (χ0) is 24.8. The van der Waals surface area contributed by atoms with Crippen LogP contribution in [0.15, 0.2) is 76.3 Å². The Labute approximate surface area is 213 Å². The average Bonchev–Trinajstić information content (AvgIpc) is 3.55. The minimum absolute atomic E-state index is 0.143. The summed E-state index contributed by atoms with van der Waals surface area (Å²) < 4.78 is 0. The molecule has 11 heteroatoms. The molecule has 2 aromatic heterocycles. The highest BCUT2D eigenvalue weighted by Crippen LogP contribution is 2.31. The molecule has 2 aromatic carbocycles. The van der Waals surface area contributed by atoms with Gasteiger partial charge in [-0.1, -0.05) is 25.1 Å². The van der Waals surface area contributed by atoms with Crippen molar-refractivity contribution in [1.29, 1.82) is 0 Å². The number of nitrogens with zero attached hydrogens (tertiary/aromatic N) is 2. The molecular formula is C24H20N4O4S3. The number of aromatic nitrogens is 1. The third kappa shape index (κ3) is 6.32. The van der Waals surface area contributed by atoms with Crippen molar-refractivity contribution >= 4 is 62.8 Å². The van der Waals surface area contributed by atoms with Crippen molar-refractivity contribution in [1.82, 2.24) is 4.98 Å². The molecule has 0 aliphatic rings.